The molecule has 0 heterocycles. The fourth-order valence-corrected chi connectivity index (χ4v) is 2.82. The van der Waals surface area contributed by atoms with Gasteiger partial charge in [-0.05, 0) is 24.8 Å². The molecule has 0 aliphatic carbocycles. The zero-order valence-corrected chi connectivity index (χ0v) is 18.3. The second kappa shape index (κ2) is 12.4. The Bertz CT molecular complexity index is 829. The van der Waals surface area contributed by atoms with Gasteiger partial charge in [-0.25, -0.2) is 4.79 Å². The van der Waals surface area contributed by atoms with Gasteiger partial charge in [-0.3, -0.25) is 19.2 Å². The second-order valence-electron chi connectivity index (χ2n) is 7.83. The first-order valence-electron chi connectivity index (χ1n) is 10.1. The van der Waals surface area contributed by atoms with Crippen molar-refractivity contribution in [3.8, 4) is 0 Å². The first kappa shape index (κ1) is 26.6. The number of carbonyl (C=O) groups excluding carboxylic acids is 4. The van der Waals surface area contributed by atoms with Crippen molar-refractivity contribution in [1.29, 1.82) is 0 Å². The molecule has 0 fully saturated rings. The van der Waals surface area contributed by atoms with Crippen molar-refractivity contribution in [3.05, 3.63) is 35.9 Å². The van der Waals surface area contributed by atoms with Gasteiger partial charge in [0, 0.05) is 0 Å². The van der Waals surface area contributed by atoms with Crippen molar-refractivity contribution in [2.45, 2.75) is 57.8 Å². The minimum atomic E-state index is -1.52. The third-order valence-electron chi connectivity index (χ3n) is 4.65. The van der Waals surface area contributed by atoms with Crippen molar-refractivity contribution < 1.29 is 29.1 Å². The van der Waals surface area contributed by atoms with E-state index >= 15 is 0 Å². The predicted octanol–water partition coefficient (Wildman–Crippen LogP) is -1.35. The summed E-state index contributed by atoms with van der Waals surface area (Å²) in [5, 5.41) is 16.3. The summed E-state index contributed by atoms with van der Waals surface area (Å²) in [5.74, 6) is -4.63. The van der Waals surface area contributed by atoms with Crippen LogP contribution in [-0.4, -0.2) is 58.9 Å². The maximum atomic E-state index is 12.7. The molecular weight excluding hydrogens is 418 g/mol. The van der Waals surface area contributed by atoms with Crippen molar-refractivity contribution in [3.63, 3.8) is 0 Å². The van der Waals surface area contributed by atoms with Crippen LogP contribution in [0.5, 0.6) is 0 Å². The van der Waals surface area contributed by atoms with E-state index in [1.807, 2.05) is 30.3 Å². The van der Waals surface area contributed by atoms with Gasteiger partial charge >= 0.3 is 5.97 Å². The molecule has 176 valence electrons. The molecule has 11 heteroatoms. The van der Waals surface area contributed by atoms with Crippen LogP contribution >= 0.6 is 0 Å². The molecule has 4 unspecified atom stereocenters. The lowest BCUT2D eigenvalue weighted by molar-refractivity contribution is -0.143. The number of aliphatic carboxylic acids is 1. The van der Waals surface area contributed by atoms with Gasteiger partial charge < -0.3 is 32.5 Å². The third-order valence-corrected chi connectivity index (χ3v) is 4.65. The van der Waals surface area contributed by atoms with Crippen LogP contribution in [0.15, 0.2) is 30.3 Å². The fraction of sp³-hybridized carbons (Fsp3) is 0.476. The Morgan fingerprint density at radius 2 is 1.50 bits per heavy atom. The average molecular weight is 450 g/mol. The van der Waals surface area contributed by atoms with E-state index in [-0.39, 0.29) is 12.3 Å². The van der Waals surface area contributed by atoms with Gasteiger partial charge in [0.1, 0.15) is 18.1 Å². The van der Waals surface area contributed by atoms with Gasteiger partial charge in [-0.1, -0.05) is 44.2 Å². The van der Waals surface area contributed by atoms with Crippen molar-refractivity contribution in [1.82, 2.24) is 16.0 Å². The number of amides is 4. The smallest absolute Gasteiger partial charge is 0.326 e. The minimum absolute atomic E-state index is 0.286. The monoisotopic (exact) mass is 449 g/mol. The van der Waals surface area contributed by atoms with E-state index in [9.17, 15) is 24.0 Å². The van der Waals surface area contributed by atoms with Crippen LogP contribution in [0.2, 0.25) is 0 Å². The number of carbonyl (C=O) groups is 5. The molecular formula is C21H31N5O6. The molecule has 0 radical (unpaired) electrons. The first-order valence-corrected chi connectivity index (χ1v) is 10.1. The molecule has 0 bridgehead atoms. The van der Waals surface area contributed by atoms with Crippen LogP contribution in [0.25, 0.3) is 0 Å². The molecule has 4 amide bonds. The number of carboxylic acids is 1. The quantitative estimate of drug-likeness (QED) is 0.227. The second-order valence-corrected chi connectivity index (χ2v) is 7.83. The number of hydrogen-bond acceptors (Lipinski definition) is 6. The van der Waals surface area contributed by atoms with Crippen LogP contribution in [0.3, 0.4) is 0 Å². The Morgan fingerprint density at radius 3 is 2.00 bits per heavy atom. The highest BCUT2D eigenvalue weighted by molar-refractivity contribution is 5.94. The zero-order valence-electron chi connectivity index (χ0n) is 18.3. The first-order chi connectivity index (χ1) is 14.9. The molecule has 0 spiro atoms. The van der Waals surface area contributed by atoms with E-state index in [2.05, 4.69) is 16.0 Å². The van der Waals surface area contributed by atoms with E-state index < -0.39 is 60.2 Å². The summed E-state index contributed by atoms with van der Waals surface area (Å²) in [6.45, 7) is 4.77. The fourth-order valence-electron chi connectivity index (χ4n) is 2.82. The van der Waals surface area contributed by atoms with Crippen molar-refractivity contribution >= 4 is 29.6 Å². The maximum absolute atomic E-state index is 12.7. The van der Waals surface area contributed by atoms with E-state index in [4.69, 9.17) is 16.6 Å². The number of hydrogen-bond donors (Lipinski definition) is 6. The van der Waals surface area contributed by atoms with Crippen LogP contribution in [0, 0.1) is 5.92 Å². The minimum Gasteiger partial charge on any atom is -0.480 e. The molecule has 0 saturated heterocycles. The van der Waals surface area contributed by atoms with E-state index in [1.54, 1.807) is 13.8 Å². The van der Waals surface area contributed by atoms with Crippen LogP contribution in [-0.2, 0) is 30.4 Å². The van der Waals surface area contributed by atoms with Crippen LogP contribution in [0.4, 0.5) is 0 Å². The summed E-state index contributed by atoms with van der Waals surface area (Å²) in [6, 6.07) is 4.68. The predicted molar refractivity (Wildman–Crippen MR) is 116 cm³/mol. The Hall–Kier alpha value is -3.47. The summed E-state index contributed by atoms with van der Waals surface area (Å²) in [6.07, 6.45) is -0.305. The van der Waals surface area contributed by atoms with Crippen molar-refractivity contribution in [2.24, 2.45) is 17.4 Å². The Kier molecular flexibility index (Phi) is 10.3. The molecule has 8 N–H and O–H groups in total. The van der Waals surface area contributed by atoms with Gasteiger partial charge in [0.2, 0.25) is 23.6 Å². The lowest BCUT2D eigenvalue weighted by atomic mass is 10.0. The number of nitrogens with two attached hydrogens (primary N) is 2. The van der Waals surface area contributed by atoms with Gasteiger partial charge in [0.25, 0.3) is 0 Å². The van der Waals surface area contributed by atoms with Crippen LogP contribution in [0.1, 0.15) is 32.8 Å². The number of nitrogens with one attached hydrogen (secondary N) is 3. The summed E-state index contributed by atoms with van der Waals surface area (Å²) in [4.78, 5) is 59.6. The standard InChI is InChI=1S/C21H31N5O6/c1-11(2)17(26-19(29)14(22)9-13-7-5-4-6-8-13)20(30)24-12(3)18(28)25-15(21(31)32)10-16(23)27/h4-8,11-12,14-15,17H,9-10,22H2,1-3H3,(H2,23,27)(H,24,30)(H,25,28)(H,26,29)(H,31,32). The number of rotatable bonds is 12. The number of benzene rings is 1. The molecule has 0 aliphatic heterocycles. The molecule has 11 nitrogen and oxygen atoms in total. The highest BCUT2D eigenvalue weighted by Gasteiger charge is 2.30. The number of primary amides is 1. The van der Waals surface area contributed by atoms with E-state index in [1.165, 1.54) is 6.92 Å². The summed E-state index contributed by atoms with van der Waals surface area (Å²) >= 11 is 0. The lowest BCUT2D eigenvalue weighted by Gasteiger charge is -2.25. The van der Waals surface area contributed by atoms with Crippen LogP contribution < -0.4 is 27.4 Å². The molecule has 32 heavy (non-hydrogen) atoms. The van der Waals surface area contributed by atoms with E-state index in [0.29, 0.717) is 0 Å². The topological polar surface area (TPSA) is 194 Å². The Balaban J connectivity index is 2.72. The van der Waals surface area contributed by atoms with Gasteiger partial charge in [0.05, 0.1) is 12.5 Å². The summed E-state index contributed by atoms with van der Waals surface area (Å²) in [7, 11) is 0. The highest BCUT2D eigenvalue weighted by atomic mass is 16.4. The highest BCUT2D eigenvalue weighted by Crippen LogP contribution is 2.06. The molecule has 1 aromatic rings. The molecule has 1 rings (SSSR count). The van der Waals surface area contributed by atoms with E-state index in [0.717, 1.165) is 5.56 Å². The lowest BCUT2D eigenvalue weighted by Crippen LogP contribution is -2.58. The summed E-state index contributed by atoms with van der Waals surface area (Å²) in [5.41, 5.74) is 11.8. The van der Waals surface area contributed by atoms with Crippen molar-refractivity contribution in [2.75, 3.05) is 0 Å². The molecule has 4 atom stereocenters. The molecule has 1 aromatic carbocycles. The Morgan fingerprint density at radius 1 is 0.906 bits per heavy atom. The zero-order chi connectivity index (χ0) is 24.4. The summed E-state index contributed by atoms with van der Waals surface area (Å²) < 4.78 is 0. The van der Waals surface area contributed by atoms with Gasteiger partial charge in [-0.15, -0.1) is 0 Å². The Labute approximate surface area is 186 Å². The van der Waals surface area contributed by atoms with Gasteiger partial charge in [-0.2, -0.15) is 0 Å². The molecule has 0 aromatic heterocycles. The molecule has 0 saturated carbocycles. The SMILES string of the molecule is CC(NC(=O)C(NC(=O)C(N)Cc1ccccc1)C(C)C)C(=O)NC(CC(N)=O)C(=O)O. The third kappa shape index (κ3) is 8.72. The average Bonchev–Trinajstić information content (AvgIpc) is 2.70. The normalized spacial score (nSPS) is 14.5. The van der Waals surface area contributed by atoms with Gasteiger partial charge in [0.15, 0.2) is 0 Å². The maximum Gasteiger partial charge on any atom is 0.326 e. The molecule has 0 aliphatic rings. The largest absolute Gasteiger partial charge is 0.480 e. The number of carboxylic acid groups (broad SMARTS) is 1.